The molecule has 4 rings (SSSR count). The van der Waals surface area contributed by atoms with Gasteiger partial charge in [-0.3, -0.25) is 20.3 Å². The Labute approximate surface area is 184 Å². The van der Waals surface area contributed by atoms with Crippen LogP contribution in [0.3, 0.4) is 0 Å². The minimum Gasteiger partial charge on any atom is -0.368 e. The lowest BCUT2D eigenvalue weighted by Crippen LogP contribution is -2.55. The number of nitro groups is 1. The Balaban J connectivity index is 1.25. The van der Waals surface area contributed by atoms with Gasteiger partial charge in [0.15, 0.2) is 0 Å². The van der Waals surface area contributed by atoms with Gasteiger partial charge < -0.3 is 9.80 Å². The number of nitrogens with one attached hydrogen (secondary N) is 2. The van der Waals surface area contributed by atoms with E-state index in [0.717, 1.165) is 24.9 Å². The number of thiophene rings is 1. The van der Waals surface area contributed by atoms with Crippen LogP contribution in [0.25, 0.3) is 0 Å². The number of fused-ring (bicyclic) bond motifs is 1. The maximum atomic E-state index is 12.5. The van der Waals surface area contributed by atoms with Crippen molar-refractivity contribution in [2.45, 2.75) is 26.2 Å². The lowest BCUT2D eigenvalue weighted by atomic mass is 9.90. The molecule has 1 aliphatic carbocycles. The summed E-state index contributed by atoms with van der Waals surface area (Å²) in [6, 6.07) is 8.00. The third-order valence-corrected chi connectivity index (χ3v) is 7.06. The van der Waals surface area contributed by atoms with Crippen molar-refractivity contribution < 1.29 is 14.5 Å². The average molecular weight is 444 g/mol. The molecule has 0 bridgehead atoms. The number of nitro benzene ring substituents is 1. The molecule has 2 aliphatic rings. The van der Waals surface area contributed by atoms with Gasteiger partial charge in [-0.05, 0) is 48.9 Å². The molecule has 1 aromatic carbocycles. The fourth-order valence-corrected chi connectivity index (χ4v) is 5.13. The highest BCUT2D eigenvalue weighted by molar-refractivity contribution is 7.14. The van der Waals surface area contributed by atoms with Crippen LogP contribution in [-0.2, 0) is 12.8 Å². The number of hydrogen-bond acceptors (Lipinski definition) is 6. The summed E-state index contributed by atoms with van der Waals surface area (Å²) in [5, 5.41) is 10.8. The van der Waals surface area contributed by atoms with E-state index in [9.17, 15) is 19.7 Å². The maximum absolute atomic E-state index is 12.5. The Morgan fingerprint density at radius 3 is 2.52 bits per heavy atom. The summed E-state index contributed by atoms with van der Waals surface area (Å²) in [4.78, 5) is 40.9. The van der Waals surface area contributed by atoms with Crippen LogP contribution in [0.4, 0.5) is 16.2 Å². The number of urea groups is 1. The van der Waals surface area contributed by atoms with Crippen LogP contribution >= 0.6 is 11.3 Å². The van der Waals surface area contributed by atoms with E-state index in [1.165, 1.54) is 33.9 Å². The zero-order valence-corrected chi connectivity index (χ0v) is 18.1. The summed E-state index contributed by atoms with van der Waals surface area (Å²) in [7, 11) is 0. The van der Waals surface area contributed by atoms with Gasteiger partial charge in [0.1, 0.15) is 0 Å². The first-order valence-electron chi connectivity index (χ1n) is 10.4. The van der Waals surface area contributed by atoms with Crippen molar-refractivity contribution in [3.63, 3.8) is 0 Å². The van der Waals surface area contributed by atoms with Gasteiger partial charge >= 0.3 is 6.03 Å². The van der Waals surface area contributed by atoms with E-state index >= 15 is 0 Å². The minimum absolute atomic E-state index is 0.0543. The van der Waals surface area contributed by atoms with E-state index in [1.807, 2.05) is 6.07 Å². The predicted octanol–water partition coefficient (Wildman–Crippen LogP) is 2.96. The van der Waals surface area contributed by atoms with Crippen molar-refractivity contribution in [2.75, 3.05) is 31.1 Å². The van der Waals surface area contributed by atoms with Crippen molar-refractivity contribution in [1.29, 1.82) is 0 Å². The molecule has 1 unspecified atom stereocenters. The Morgan fingerprint density at radius 1 is 1.13 bits per heavy atom. The number of rotatable bonds is 3. The van der Waals surface area contributed by atoms with E-state index in [1.54, 1.807) is 17.0 Å². The topological polar surface area (TPSA) is 108 Å². The molecule has 9 nitrogen and oxygen atoms in total. The van der Waals surface area contributed by atoms with Crippen LogP contribution in [0, 0.1) is 16.0 Å². The van der Waals surface area contributed by atoms with Gasteiger partial charge in [-0.25, -0.2) is 10.2 Å². The molecule has 1 aromatic heterocycles. The standard InChI is InChI=1S/C21H25N5O4S/c1-14-2-7-18-15(12-14)13-19(31-18)20(27)22-23-21(28)25-10-8-24(9-11-25)16-3-5-17(6-4-16)26(29)30/h3-6,13-14H,2,7-12H2,1H3,(H,22,27)(H,23,28). The van der Waals surface area contributed by atoms with Crippen molar-refractivity contribution in [3.8, 4) is 0 Å². The van der Waals surface area contributed by atoms with Gasteiger partial charge in [0.05, 0.1) is 9.80 Å². The molecule has 0 radical (unpaired) electrons. The zero-order valence-electron chi connectivity index (χ0n) is 17.3. The molecule has 1 aliphatic heterocycles. The fraction of sp³-hybridized carbons (Fsp3) is 0.429. The molecule has 2 heterocycles. The van der Waals surface area contributed by atoms with E-state index in [0.29, 0.717) is 37.0 Å². The quantitative estimate of drug-likeness (QED) is 0.560. The number of hydrazine groups is 1. The second kappa shape index (κ2) is 8.93. The number of anilines is 1. The van der Waals surface area contributed by atoms with Crippen LogP contribution in [0.15, 0.2) is 30.3 Å². The molecule has 2 aromatic rings. The predicted molar refractivity (Wildman–Crippen MR) is 118 cm³/mol. The third-order valence-electron chi connectivity index (χ3n) is 5.83. The molecule has 164 valence electrons. The number of benzene rings is 1. The molecule has 0 spiro atoms. The molecule has 1 saturated heterocycles. The Bertz CT molecular complexity index is 982. The normalized spacial score (nSPS) is 18.3. The van der Waals surface area contributed by atoms with E-state index < -0.39 is 4.92 Å². The van der Waals surface area contributed by atoms with Crippen LogP contribution in [0.2, 0.25) is 0 Å². The first-order valence-corrected chi connectivity index (χ1v) is 11.2. The number of carbonyl (C=O) groups excluding carboxylic acids is 2. The molecular weight excluding hydrogens is 418 g/mol. The summed E-state index contributed by atoms with van der Waals surface area (Å²) in [6.07, 6.45) is 3.17. The zero-order chi connectivity index (χ0) is 22.0. The van der Waals surface area contributed by atoms with E-state index in [4.69, 9.17) is 0 Å². The highest BCUT2D eigenvalue weighted by Crippen LogP contribution is 2.32. The molecule has 10 heteroatoms. The maximum Gasteiger partial charge on any atom is 0.336 e. The lowest BCUT2D eigenvalue weighted by Gasteiger charge is -2.35. The fourth-order valence-electron chi connectivity index (χ4n) is 4.02. The first-order chi connectivity index (χ1) is 14.9. The van der Waals surface area contributed by atoms with Gasteiger partial charge in [0.2, 0.25) is 0 Å². The van der Waals surface area contributed by atoms with Crippen molar-refractivity contribution in [3.05, 3.63) is 55.8 Å². The van der Waals surface area contributed by atoms with Gasteiger partial charge in [-0.1, -0.05) is 6.92 Å². The van der Waals surface area contributed by atoms with E-state index in [2.05, 4.69) is 22.7 Å². The van der Waals surface area contributed by atoms with Gasteiger partial charge in [-0.2, -0.15) is 0 Å². The van der Waals surface area contributed by atoms with Crippen LogP contribution in [-0.4, -0.2) is 47.9 Å². The number of hydrogen-bond donors (Lipinski definition) is 2. The molecule has 2 N–H and O–H groups in total. The molecule has 1 atom stereocenters. The highest BCUT2D eigenvalue weighted by Gasteiger charge is 2.24. The first kappa shape index (κ1) is 21.1. The molecule has 1 fully saturated rings. The SMILES string of the molecule is CC1CCc2sc(C(=O)NNC(=O)N3CCN(c4ccc([N+](=O)[O-])cc4)CC3)cc2C1. The van der Waals surface area contributed by atoms with Gasteiger partial charge in [0, 0.05) is 48.9 Å². The Kier molecular flexibility index (Phi) is 6.08. The number of nitrogens with zero attached hydrogens (tertiary/aromatic N) is 3. The van der Waals surface area contributed by atoms with Crippen molar-refractivity contribution >= 4 is 34.6 Å². The smallest absolute Gasteiger partial charge is 0.336 e. The summed E-state index contributed by atoms with van der Waals surface area (Å²) in [5.74, 6) is 0.354. The van der Waals surface area contributed by atoms with Gasteiger partial charge in [0.25, 0.3) is 11.6 Å². The largest absolute Gasteiger partial charge is 0.368 e. The van der Waals surface area contributed by atoms with Crippen LogP contribution in [0.5, 0.6) is 0 Å². The summed E-state index contributed by atoms with van der Waals surface area (Å²) in [5.41, 5.74) is 7.23. The van der Waals surface area contributed by atoms with Gasteiger partial charge in [-0.15, -0.1) is 11.3 Å². The molecule has 0 saturated carbocycles. The number of carbonyl (C=O) groups is 2. The lowest BCUT2D eigenvalue weighted by molar-refractivity contribution is -0.384. The van der Waals surface area contributed by atoms with E-state index in [-0.39, 0.29) is 17.6 Å². The third kappa shape index (κ3) is 4.79. The Morgan fingerprint density at radius 2 is 1.84 bits per heavy atom. The Hall–Kier alpha value is -3.14. The number of aryl methyl sites for hydroxylation is 1. The van der Waals surface area contributed by atoms with Crippen LogP contribution in [0.1, 0.15) is 33.5 Å². The summed E-state index contributed by atoms with van der Waals surface area (Å²) >= 11 is 1.51. The second-order valence-corrected chi connectivity index (χ2v) is 9.18. The number of amides is 3. The summed E-state index contributed by atoms with van der Waals surface area (Å²) in [6.45, 7) is 4.42. The minimum atomic E-state index is -0.424. The monoisotopic (exact) mass is 443 g/mol. The number of piperazine rings is 1. The van der Waals surface area contributed by atoms with Crippen LogP contribution < -0.4 is 15.8 Å². The van der Waals surface area contributed by atoms with Crippen molar-refractivity contribution in [1.82, 2.24) is 15.8 Å². The molecule has 31 heavy (non-hydrogen) atoms. The average Bonchev–Trinajstić information content (AvgIpc) is 3.20. The molecule has 3 amide bonds. The summed E-state index contributed by atoms with van der Waals surface area (Å²) < 4.78 is 0. The molecular formula is C21H25N5O4S. The number of non-ortho nitro benzene ring substituents is 1. The highest BCUT2D eigenvalue weighted by atomic mass is 32.1. The second-order valence-electron chi connectivity index (χ2n) is 8.04. The van der Waals surface area contributed by atoms with Crippen molar-refractivity contribution in [2.24, 2.45) is 5.92 Å².